The molecule has 0 aliphatic heterocycles. The van der Waals surface area contributed by atoms with Crippen molar-refractivity contribution in [3.63, 3.8) is 0 Å². The van der Waals surface area contributed by atoms with E-state index in [1.54, 1.807) is 39.1 Å². The molecule has 0 N–H and O–H groups in total. The number of carbonyl (C=O) groups excluding carboxylic acids is 1. The Labute approximate surface area is 116 Å². The summed E-state index contributed by atoms with van der Waals surface area (Å²) in [6.45, 7) is 3.61. The number of hydrazone groups is 1. The molecule has 0 saturated heterocycles. The topological polar surface area (TPSA) is 41.9 Å². The minimum Gasteiger partial charge on any atom is -0.461 e. The van der Waals surface area contributed by atoms with E-state index in [2.05, 4.69) is 5.10 Å². The molecule has 1 aromatic rings. The fourth-order valence-corrected chi connectivity index (χ4v) is 1.99. The maximum Gasteiger partial charge on any atom is 0.354 e. The smallest absolute Gasteiger partial charge is 0.354 e. The van der Waals surface area contributed by atoms with Gasteiger partial charge in [-0.3, -0.25) is 5.01 Å². The van der Waals surface area contributed by atoms with Gasteiger partial charge in [-0.15, -0.1) is 0 Å². The minimum atomic E-state index is -0.465. The van der Waals surface area contributed by atoms with Gasteiger partial charge in [-0.25, -0.2) is 4.79 Å². The molecule has 0 unspecified atom stereocenters. The summed E-state index contributed by atoms with van der Waals surface area (Å²) in [5.74, 6) is -0.465. The van der Waals surface area contributed by atoms with Gasteiger partial charge in [-0.1, -0.05) is 29.3 Å². The van der Waals surface area contributed by atoms with Crippen LogP contribution in [0.15, 0.2) is 23.3 Å². The zero-order chi connectivity index (χ0) is 13.7. The van der Waals surface area contributed by atoms with Crippen LogP contribution in [-0.2, 0) is 9.53 Å². The van der Waals surface area contributed by atoms with E-state index in [1.165, 1.54) is 5.01 Å². The minimum absolute atomic E-state index is 0.232. The monoisotopic (exact) mass is 288 g/mol. The number of para-hydroxylation sites is 1. The van der Waals surface area contributed by atoms with E-state index in [-0.39, 0.29) is 5.71 Å². The predicted octanol–water partition coefficient (Wildman–Crippen LogP) is 3.37. The van der Waals surface area contributed by atoms with Crippen LogP contribution in [0.25, 0.3) is 0 Å². The number of benzene rings is 1. The van der Waals surface area contributed by atoms with E-state index in [1.807, 2.05) is 0 Å². The second-order valence-corrected chi connectivity index (χ2v) is 4.31. The van der Waals surface area contributed by atoms with Gasteiger partial charge in [0.15, 0.2) is 0 Å². The largest absolute Gasteiger partial charge is 0.461 e. The number of hydrogen-bond acceptors (Lipinski definition) is 4. The van der Waals surface area contributed by atoms with Gasteiger partial charge in [0.1, 0.15) is 5.71 Å². The molecule has 0 amide bonds. The molecular weight excluding hydrogens is 275 g/mol. The zero-order valence-electron chi connectivity index (χ0n) is 10.4. The predicted molar refractivity (Wildman–Crippen MR) is 74.6 cm³/mol. The van der Waals surface area contributed by atoms with E-state index in [0.717, 1.165) is 0 Å². The lowest BCUT2D eigenvalue weighted by Gasteiger charge is -2.17. The first-order valence-corrected chi connectivity index (χ1v) is 6.13. The average molecular weight is 289 g/mol. The fourth-order valence-electron chi connectivity index (χ4n) is 1.35. The summed E-state index contributed by atoms with van der Waals surface area (Å²) in [4.78, 5) is 11.4. The summed E-state index contributed by atoms with van der Waals surface area (Å²) >= 11 is 12.1. The molecule has 0 heterocycles. The first kappa shape index (κ1) is 14.8. The number of halogens is 2. The van der Waals surface area contributed by atoms with Crippen LogP contribution >= 0.6 is 23.2 Å². The molecule has 0 radical (unpaired) electrons. The van der Waals surface area contributed by atoms with E-state index in [4.69, 9.17) is 27.9 Å². The molecular formula is C12H14Cl2N2O2. The summed E-state index contributed by atoms with van der Waals surface area (Å²) in [5, 5.41) is 6.48. The van der Waals surface area contributed by atoms with Crippen molar-refractivity contribution < 1.29 is 9.53 Å². The van der Waals surface area contributed by atoms with E-state index in [9.17, 15) is 4.79 Å². The molecule has 98 valence electrons. The van der Waals surface area contributed by atoms with Crippen LogP contribution in [-0.4, -0.2) is 25.3 Å². The van der Waals surface area contributed by atoms with Crippen molar-refractivity contribution in [1.29, 1.82) is 0 Å². The van der Waals surface area contributed by atoms with E-state index < -0.39 is 5.97 Å². The maximum atomic E-state index is 11.4. The molecule has 1 aromatic carbocycles. The quantitative estimate of drug-likeness (QED) is 0.485. The molecule has 0 spiro atoms. The second kappa shape index (κ2) is 6.61. The molecule has 1 rings (SSSR count). The second-order valence-electron chi connectivity index (χ2n) is 3.50. The lowest BCUT2D eigenvalue weighted by atomic mass is 10.3. The molecule has 0 saturated carbocycles. The lowest BCUT2D eigenvalue weighted by molar-refractivity contribution is -0.135. The van der Waals surface area contributed by atoms with E-state index in [0.29, 0.717) is 22.3 Å². The van der Waals surface area contributed by atoms with Crippen LogP contribution in [0, 0.1) is 0 Å². The van der Waals surface area contributed by atoms with Gasteiger partial charge < -0.3 is 4.74 Å². The van der Waals surface area contributed by atoms with Crippen molar-refractivity contribution >= 4 is 40.6 Å². The molecule has 0 bridgehead atoms. The third-order valence-electron chi connectivity index (χ3n) is 2.13. The standard InChI is InChI=1S/C12H14Cl2N2O2/c1-4-18-12(17)8(2)15-16(3)11-9(13)6-5-7-10(11)14/h5-7H,4H2,1-3H3/b15-8-. The number of anilines is 1. The van der Waals surface area contributed by atoms with Crippen molar-refractivity contribution in [2.75, 3.05) is 18.7 Å². The lowest BCUT2D eigenvalue weighted by Crippen LogP contribution is -2.20. The number of esters is 1. The van der Waals surface area contributed by atoms with Crippen LogP contribution in [0.3, 0.4) is 0 Å². The van der Waals surface area contributed by atoms with Crippen LogP contribution in [0.2, 0.25) is 10.0 Å². The number of nitrogens with zero attached hydrogens (tertiary/aromatic N) is 2. The Kier molecular flexibility index (Phi) is 5.44. The molecule has 18 heavy (non-hydrogen) atoms. The number of ether oxygens (including phenoxy) is 1. The van der Waals surface area contributed by atoms with Gasteiger partial charge in [0.25, 0.3) is 0 Å². The Hall–Kier alpha value is -1.26. The summed E-state index contributed by atoms with van der Waals surface area (Å²) in [5.41, 5.74) is 0.778. The van der Waals surface area contributed by atoms with Gasteiger partial charge >= 0.3 is 5.97 Å². The normalized spacial score (nSPS) is 11.3. The summed E-state index contributed by atoms with van der Waals surface area (Å²) in [6.07, 6.45) is 0. The molecule has 0 aliphatic rings. The molecule has 4 nitrogen and oxygen atoms in total. The Balaban J connectivity index is 2.98. The zero-order valence-corrected chi connectivity index (χ0v) is 11.9. The van der Waals surface area contributed by atoms with E-state index >= 15 is 0 Å². The third-order valence-corrected chi connectivity index (χ3v) is 2.74. The molecule has 6 heteroatoms. The highest BCUT2D eigenvalue weighted by atomic mass is 35.5. The Morgan fingerprint density at radius 1 is 1.39 bits per heavy atom. The summed E-state index contributed by atoms with van der Waals surface area (Å²) in [7, 11) is 1.66. The first-order chi connectivity index (χ1) is 8.47. The highest BCUT2D eigenvalue weighted by Crippen LogP contribution is 2.32. The van der Waals surface area contributed by atoms with Crippen LogP contribution in [0.1, 0.15) is 13.8 Å². The van der Waals surface area contributed by atoms with Gasteiger partial charge in [-0.05, 0) is 26.0 Å². The molecule has 0 aromatic heterocycles. The maximum absolute atomic E-state index is 11.4. The van der Waals surface area contributed by atoms with Crippen molar-refractivity contribution in [1.82, 2.24) is 0 Å². The van der Waals surface area contributed by atoms with Gasteiger partial charge in [0.05, 0.1) is 22.3 Å². The highest BCUT2D eigenvalue weighted by Gasteiger charge is 2.12. The Morgan fingerprint density at radius 3 is 2.44 bits per heavy atom. The van der Waals surface area contributed by atoms with Crippen molar-refractivity contribution in [3.05, 3.63) is 28.2 Å². The third kappa shape index (κ3) is 3.62. The average Bonchev–Trinajstić information content (AvgIpc) is 2.28. The summed E-state index contributed by atoms with van der Waals surface area (Å²) in [6, 6.07) is 5.15. The van der Waals surface area contributed by atoms with Crippen LogP contribution in [0.5, 0.6) is 0 Å². The first-order valence-electron chi connectivity index (χ1n) is 5.37. The number of hydrogen-bond donors (Lipinski definition) is 0. The van der Waals surface area contributed by atoms with Crippen LogP contribution < -0.4 is 5.01 Å². The SMILES string of the molecule is CCOC(=O)/C(C)=N\N(C)c1c(Cl)cccc1Cl. The Morgan fingerprint density at radius 2 is 1.94 bits per heavy atom. The van der Waals surface area contributed by atoms with Gasteiger partial charge in [0.2, 0.25) is 0 Å². The summed E-state index contributed by atoms with van der Waals surface area (Å²) < 4.78 is 4.84. The van der Waals surface area contributed by atoms with Gasteiger partial charge in [0, 0.05) is 7.05 Å². The molecule has 0 atom stereocenters. The molecule has 0 fully saturated rings. The van der Waals surface area contributed by atoms with Crippen molar-refractivity contribution in [2.24, 2.45) is 5.10 Å². The molecule has 0 aliphatic carbocycles. The van der Waals surface area contributed by atoms with Crippen molar-refractivity contribution in [2.45, 2.75) is 13.8 Å². The number of rotatable bonds is 4. The van der Waals surface area contributed by atoms with Crippen LogP contribution in [0.4, 0.5) is 5.69 Å². The van der Waals surface area contributed by atoms with Gasteiger partial charge in [-0.2, -0.15) is 5.10 Å². The highest BCUT2D eigenvalue weighted by molar-refractivity contribution is 6.39. The Bertz CT molecular complexity index is 455. The number of carbonyl (C=O) groups is 1. The fraction of sp³-hybridized carbons (Fsp3) is 0.333. The van der Waals surface area contributed by atoms with Crippen molar-refractivity contribution in [3.8, 4) is 0 Å².